The smallest absolute Gasteiger partial charge is 0.410 e. The van der Waals surface area contributed by atoms with Gasteiger partial charge in [-0.15, -0.1) is 0 Å². The average Bonchev–Trinajstić information content (AvgIpc) is 2.69. The maximum absolute atomic E-state index is 12.2. The number of piperidine rings is 1. The Morgan fingerprint density at radius 2 is 2.03 bits per heavy atom. The number of pyridine rings is 1. The molecular weight excluding hydrogens is 372 g/mol. The molecule has 8 nitrogen and oxygen atoms in total. The molecular formula is C21H30N4O4. The van der Waals surface area contributed by atoms with E-state index in [1.807, 2.05) is 32.9 Å². The topological polar surface area (TPSA) is 96.7 Å². The normalized spacial score (nSPS) is 19.6. The quantitative estimate of drug-likeness (QED) is 0.826. The first kappa shape index (κ1) is 21.3. The molecule has 0 atom stereocenters. The van der Waals surface area contributed by atoms with Crippen molar-refractivity contribution in [1.29, 1.82) is 5.26 Å². The number of likely N-dealkylation sites (tertiary alicyclic amines) is 1. The predicted molar refractivity (Wildman–Crippen MR) is 107 cm³/mol. The van der Waals surface area contributed by atoms with Gasteiger partial charge in [0.05, 0.1) is 25.1 Å². The SMILES string of the molecule is CC(C)(C)OC(=O)N1CCC2(CC1)COC(CCNc1ccc(C#N)nc1)OC2. The Balaban J connectivity index is 1.37. The summed E-state index contributed by atoms with van der Waals surface area (Å²) in [7, 11) is 0. The highest BCUT2D eigenvalue weighted by molar-refractivity contribution is 5.68. The Morgan fingerprint density at radius 1 is 1.34 bits per heavy atom. The molecule has 2 saturated heterocycles. The Hall–Kier alpha value is -2.37. The van der Waals surface area contributed by atoms with E-state index in [9.17, 15) is 4.79 Å². The van der Waals surface area contributed by atoms with Gasteiger partial charge in [-0.25, -0.2) is 9.78 Å². The largest absolute Gasteiger partial charge is 0.444 e. The maximum atomic E-state index is 12.2. The molecule has 1 aromatic rings. The first-order valence-corrected chi connectivity index (χ1v) is 10.1. The highest BCUT2D eigenvalue weighted by Gasteiger charge is 2.41. The number of nitriles is 1. The second kappa shape index (κ2) is 8.97. The molecule has 1 N–H and O–H groups in total. The molecule has 8 heteroatoms. The lowest BCUT2D eigenvalue weighted by molar-refractivity contribution is -0.237. The van der Waals surface area contributed by atoms with E-state index >= 15 is 0 Å². The fourth-order valence-corrected chi connectivity index (χ4v) is 3.47. The van der Waals surface area contributed by atoms with E-state index in [0.29, 0.717) is 38.5 Å². The van der Waals surface area contributed by atoms with Crippen LogP contribution in [0.5, 0.6) is 0 Å². The minimum atomic E-state index is -0.474. The highest BCUT2D eigenvalue weighted by atomic mass is 16.7. The van der Waals surface area contributed by atoms with Gasteiger partial charge in [-0.2, -0.15) is 5.26 Å². The summed E-state index contributed by atoms with van der Waals surface area (Å²) in [4.78, 5) is 18.0. The zero-order valence-electron chi connectivity index (χ0n) is 17.4. The van der Waals surface area contributed by atoms with Crippen LogP contribution in [0.25, 0.3) is 0 Å². The molecule has 1 amide bonds. The summed E-state index contributed by atoms with van der Waals surface area (Å²) in [5.41, 5.74) is 0.779. The van der Waals surface area contributed by atoms with E-state index in [-0.39, 0.29) is 17.8 Å². The van der Waals surface area contributed by atoms with Crippen LogP contribution in [0.4, 0.5) is 10.5 Å². The number of amides is 1. The number of carbonyl (C=O) groups is 1. The van der Waals surface area contributed by atoms with E-state index < -0.39 is 5.60 Å². The summed E-state index contributed by atoms with van der Waals surface area (Å²) >= 11 is 0. The second-order valence-corrected chi connectivity index (χ2v) is 8.78. The van der Waals surface area contributed by atoms with Gasteiger partial charge in [0.15, 0.2) is 6.29 Å². The van der Waals surface area contributed by atoms with Crippen LogP contribution in [0.3, 0.4) is 0 Å². The van der Waals surface area contributed by atoms with Crippen LogP contribution >= 0.6 is 0 Å². The van der Waals surface area contributed by atoms with Crippen LogP contribution in [-0.2, 0) is 14.2 Å². The number of hydrogen-bond donors (Lipinski definition) is 1. The molecule has 158 valence electrons. The first-order valence-electron chi connectivity index (χ1n) is 10.1. The van der Waals surface area contributed by atoms with Gasteiger partial charge in [0.2, 0.25) is 0 Å². The Bertz CT molecular complexity index is 721. The number of ether oxygens (including phenoxy) is 3. The van der Waals surface area contributed by atoms with Gasteiger partial charge >= 0.3 is 6.09 Å². The number of hydrogen-bond acceptors (Lipinski definition) is 7. The maximum Gasteiger partial charge on any atom is 0.410 e. The minimum Gasteiger partial charge on any atom is -0.444 e. The number of aromatic nitrogens is 1. The Labute approximate surface area is 172 Å². The summed E-state index contributed by atoms with van der Waals surface area (Å²) in [6.07, 6.45) is 3.60. The van der Waals surface area contributed by atoms with E-state index in [4.69, 9.17) is 19.5 Å². The minimum absolute atomic E-state index is 0.0144. The van der Waals surface area contributed by atoms with E-state index in [1.54, 1.807) is 17.2 Å². The van der Waals surface area contributed by atoms with Gasteiger partial charge in [0.25, 0.3) is 0 Å². The number of carbonyl (C=O) groups excluding carboxylic acids is 1. The molecule has 2 aliphatic rings. The third-order valence-corrected chi connectivity index (χ3v) is 5.21. The van der Waals surface area contributed by atoms with Crippen LogP contribution in [-0.4, -0.2) is 60.7 Å². The van der Waals surface area contributed by atoms with Crippen molar-refractivity contribution in [2.24, 2.45) is 5.41 Å². The van der Waals surface area contributed by atoms with Gasteiger partial charge in [0, 0.05) is 31.5 Å². The van der Waals surface area contributed by atoms with Crippen LogP contribution in [0.1, 0.15) is 45.7 Å². The summed E-state index contributed by atoms with van der Waals surface area (Å²) < 4.78 is 17.4. The van der Waals surface area contributed by atoms with Crippen LogP contribution in [0.15, 0.2) is 18.3 Å². The van der Waals surface area contributed by atoms with Gasteiger partial charge in [-0.05, 0) is 45.7 Å². The molecule has 0 saturated carbocycles. The van der Waals surface area contributed by atoms with Crippen molar-refractivity contribution in [1.82, 2.24) is 9.88 Å². The lowest BCUT2D eigenvalue weighted by Gasteiger charge is -2.45. The highest BCUT2D eigenvalue weighted by Crippen LogP contribution is 2.36. The van der Waals surface area contributed by atoms with Crippen molar-refractivity contribution < 1.29 is 19.0 Å². The molecule has 0 radical (unpaired) electrons. The molecule has 1 aromatic heterocycles. The third kappa shape index (κ3) is 6.05. The van der Waals surface area contributed by atoms with Crippen LogP contribution in [0, 0.1) is 16.7 Å². The van der Waals surface area contributed by atoms with Gasteiger partial charge in [-0.1, -0.05) is 0 Å². The average molecular weight is 402 g/mol. The van der Waals surface area contributed by atoms with Gasteiger partial charge < -0.3 is 24.4 Å². The molecule has 2 aliphatic heterocycles. The van der Waals surface area contributed by atoms with Gasteiger partial charge in [0.1, 0.15) is 17.4 Å². The molecule has 29 heavy (non-hydrogen) atoms. The molecule has 3 heterocycles. The number of rotatable bonds is 4. The van der Waals surface area contributed by atoms with Crippen molar-refractivity contribution in [2.75, 3.05) is 38.2 Å². The number of nitrogens with one attached hydrogen (secondary N) is 1. The number of nitrogens with zero attached hydrogens (tertiary/aromatic N) is 3. The molecule has 0 unspecified atom stereocenters. The van der Waals surface area contributed by atoms with E-state index in [0.717, 1.165) is 24.9 Å². The van der Waals surface area contributed by atoms with Crippen LogP contribution in [0.2, 0.25) is 0 Å². The summed E-state index contributed by atoms with van der Waals surface area (Å²) in [5, 5.41) is 12.0. The Kier molecular flexibility index (Phi) is 6.60. The number of anilines is 1. The molecule has 2 fully saturated rings. The van der Waals surface area contributed by atoms with Crippen LogP contribution < -0.4 is 5.32 Å². The second-order valence-electron chi connectivity index (χ2n) is 8.78. The molecule has 1 spiro atoms. The molecule has 0 aromatic carbocycles. The van der Waals surface area contributed by atoms with Crippen molar-refractivity contribution in [3.8, 4) is 6.07 Å². The first-order chi connectivity index (χ1) is 13.8. The van der Waals surface area contributed by atoms with E-state index in [2.05, 4.69) is 10.3 Å². The van der Waals surface area contributed by atoms with Crippen molar-refractivity contribution in [3.05, 3.63) is 24.0 Å². The fraction of sp³-hybridized carbons (Fsp3) is 0.667. The predicted octanol–water partition coefficient (Wildman–Crippen LogP) is 3.15. The van der Waals surface area contributed by atoms with Gasteiger partial charge in [-0.3, -0.25) is 0 Å². The summed E-state index contributed by atoms with van der Waals surface area (Å²) in [6, 6.07) is 5.52. The Morgan fingerprint density at radius 3 is 2.59 bits per heavy atom. The fourth-order valence-electron chi connectivity index (χ4n) is 3.47. The standard InChI is InChI=1S/C21H30N4O4/c1-20(2,3)29-19(26)25-10-7-21(8-11-25)14-27-18(28-15-21)6-9-23-17-5-4-16(12-22)24-13-17/h4-5,13,18,23H,6-11,14-15H2,1-3H3. The molecule has 3 rings (SSSR count). The lowest BCUT2D eigenvalue weighted by atomic mass is 9.79. The van der Waals surface area contributed by atoms with E-state index in [1.165, 1.54) is 0 Å². The molecule has 0 bridgehead atoms. The monoisotopic (exact) mass is 402 g/mol. The lowest BCUT2D eigenvalue weighted by Crippen LogP contribution is -2.51. The van der Waals surface area contributed by atoms with Crippen molar-refractivity contribution in [2.45, 2.75) is 51.9 Å². The molecule has 0 aliphatic carbocycles. The van der Waals surface area contributed by atoms with Crippen molar-refractivity contribution >= 4 is 11.8 Å². The third-order valence-electron chi connectivity index (χ3n) is 5.21. The summed E-state index contributed by atoms with van der Waals surface area (Å²) in [5.74, 6) is 0. The van der Waals surface area contributed by atoms with Crippen molar-refractivity contribution in [3.63, 3.8) is 0 Å². The summed E-state index contributed by atoms with van der Waals surface area (Å²) in [6.45, 7) is 8.97. The zero-order valence-corrected chi connectivity index (χ0v) is 17.4. The zero-order chi connectivity index (χ0) is 20.9.